The molecule has 0 radical (unpaired) electrons. The van der Waals surface area contributed by atoms with Crippen molar-refractivity contribution in [3.63, 3.8) is 0 Å². The van der Waals surface area contributed by atoms with Crippen LogP contribution in [-0.4, -0.2) is 32.8 Å². The quantitative estimate of drug-likeness (QED) is 0.781. The molecule has 1 aromatic carbocycles. The number of hydrogen-bond acceptors (Lipinski definition) is 6. The van der Waals surface area contributed by atoms with E-state index in [9.17, 15) is 0 Å². The molecule has 0 saturated carbocycles. The van der Waals surface area contributed by atoms with E-state index in [0.717, 1.165) is 41.5 Å². The zero-order chi connectivity index (χ0) is 15.9. The molecule has 0 bridgehead atoms. The summed E-state index contributed by atoms with van der Waals surface area (Å²) in [6, 6.07) is 5.89. The Balaban J connectivity index is 1.60. The lowest BCUT2D eigenvalue weighted by Crippen LogP contribution is -2.16. The molecule has 3 heterocycles. The zero-order valence-corrected chi connectivity index (χ0v) is 13.2. The maximum absolute atomic E-state index is 5.67. The Morgan fingerprint density at radius 1 is 1.04 bits per heavy atom. The Hall–Kier alpha value is -2.83. The van der Waals surface area contributed by atoms with Crippen LogP contribution < -0.4 is 14.8 Å². The molecule has 1 aliphatic carbocycles. The van der Waals surface area contributed by atoms with E-state index >= 15 is 0 Å². The lowest BCUT2D eigenvalue weighted by atomic mass is 9.96. The van der Waals surface area contributed by atoms with Gasteiger partial charge in [0, 0.05) is 17.3 Å². The summed E-state index contributed by atoms with van der Waals surface area (Å²) in [6.45, 7) is 1.17. The summed E-state index contributed by atoms with van der Waals surface area (Å²) in [5, 5.41) is 7.83. The van der Waals surface area contributed by atoms with E-state index < -0.39 is 0 Å². The van der Waals surface area contributed by atoms with Crippen molar-refractivity contribution < 1.29 is 9.47 Å². The molecular formula is C17H17N5O2. The molecule has 2 aromatic heterocycles. The summed E-state index contributed by atoms with van der Waals surface area (Å²) in [5.74, 6) is 3.14. The maximum Gasteiger partial charge on any atom is 0.254 e. The third-order valence-corrected chi connectivity index (χ3v) is 4.51. The van der Waals surface area contributed by atoms with Crippen LogP contribution in [0, 0.1) is 0 Å². The highest BCUT2D eigenvalue weighted by Crippen LogP contribution is 2.35. The fourth-order valence-corrected chi connectivity index (χ4v) is 3.37. The highest BCUT2D eigenvalue weighted by atomic mass is 16.6. The molecule has 24 heavy (non-hydrogen) atoms. The Bertz CT molecular complexity index is 921. The van der Waals surface area contributed by atoms with Gasteiger partial charge in [-0.05, 0) is 37.8 Å². The molecule has 2 aliphatic rings. The van der Waals surface area contributed by atoms with E-state index in [1.807, 2.05) is 18.2 Å². The Morgan fingerprint density at radius 2 is 1.92 bits per heavy atom. The van der Waals surface area contributed by atoms with E-state index in [1.54, 1.807) is 10.8 Å². The molecule has 122 valence electrons. The predicted octanol–water partition coefficient (Wildman–Crippen LogP) is 2.52. The van der Waals surface area contributed by atoms with Gasteiger partial charge in [0.05, 0.1) is 5.69 Å². The second kappa shape index (κ2) is 5.36. The molecule has 7 heteroatoms. The number of nitrogens with zero attached hydrogens (tertiary/aromatic N) is 4. The van der Waals surface area contributed by atoms with Gasteiger partial charge in [-0.25, -0.2) is 4.98 Å². The third kappa shape index (κ3) is 2.16. The molecule has 0 amide bonds. The summed E-state index contributed by atoms with van der Waals surface area (Å²) in [6.07, 6.45) is 5.89. The molecular weight excluding hydrogens is 306 g/mol. The largest absolute Gasteiger partial charge is 0.486 e. The first-order valence-electron chi connectivity index (χ1n) is 8.27. The van der Waals surface area contributed by atoms with Gasteiger partial charge in [-0.1, -0.05) is 0 Å². The van der Waals surface area contributed by atoms with Crippen LogP contribution in [0.2, 0.25) is 0 Å². The third-order valence-electron chi connectivity index (χ3n) is 4.51. The average Bonchev–Trinajstić information content (AvgIpc) is 3.10. The van der Waals surface area contributed by atoms with Gasteiger partial charge in [0.1, 0.15) is 25.4 Å². The minimum absolute atomic E-state index is 0.578. The summed E-state index contributed by atoms with van der Waals surface area (Å²) < 4.78 is 13.0. The summed E-state index contributed by atoms with van der Waals surface area (Å²) in [5.41, 5.74) is 3.30. The summed E-state index contributed by atoms with van der Waals surface area (Å²) in [7, 11) is 0. The van der Waals surface area contributed by atoms with Crippen LogP contribution in [0.3, 0.4) is 0 Å². The van der Waals surface area contributed by atoms with Gasteiger partial charge < -0.3 is 14.8 Å². The standard InChI is InChI=1S/C17H17N5O2/c1-2-4-13-12(3-1)16(22-17(21-13)18-10-19-22)20-11-5-6-14-15(9-11)24-8-7-23-14/h5-6,9-10,20H,1-4,7-8H2. The number of ether oxygens (including phenoxy) is 2. The fourth-order valence-electron chi connectivity index (χ4n) is 3.37. The number of anilines is 2. The van der Waals surface area contributed by atoms with Crippen molar-refractivity contribution in [2.75, 3.05) is 18.5 Å². The fraction of sp³-hybridized carbons (Fsp3) is 0.353. The number of fused-ring (bicyclic) bond motifs is 3. The Morgan fingerprint density at radius 3 is 2.88 bits per heavy atom. The molecule has 5 rings (SSSR count). The van der Waals surface area contributed by atoms with Gasteiger partial charge in [-0.15, -0.1) is 0 Å². The predicted molar refractivity (Wildman–Crippen MR) is 88.1 cm³/mol. The molecule has 7 nitrogen and oxygen atoms in total. The molecule has 1 aliphatic heterocycles. The van der Waals surface area contributed by atoms with Crippen LogP contribution in [0.5, 0.6) is 11.5 Å². The molecule has 3 aromatic rings. The van der Waals surface area contributed by atoms with Crippen LogP contribution >= 0.6 is 0 Å². The van der Waals surface area contributed by atoms with Crippen LogP contribution in [0.4, 0.5) is 11.5 Å². The van der Waals surface area contributed by atoms with E-state index in [2.05, 4.69) is 20.4 Å². The maximum atomic E-state index is 5.67. The van der Waals surface area contributed by atoms with E-state index in [4.69, 9.17) is 9.47 Å². The first kappa shape index (κ1) is 13.6. The molecule has 0 atom stereocenters. The van der Waals surface area contributed by atoms with E-state index in [-0.39, 0.29) is 0 Å². The van der Waals surface area contributed by atoms with Gasteiger partial charge in [0.25, 0.3) is 5.78 Å². The van der Waals surface area contributed by atoms with Crippen LogP contribution in [0.15, 0.2) is 24.5 Å². The first-order valence-corrected chi connectivity index (χ1v) is 8.27. The zero-order valence-electron chi connectivity index (χ0n) is 13.2. The SMILES string of the molecule is c1nc2nc3c(c(Nc4ccc5c(c4)OCCO5)n2n1)CCCC3. The van der Waals surface area contributed by atoms with Gasteiger partial charge in [0.15, 0.2) is 11.5 Å². The van der Waals surface area contributed by atoms with Crippen molar-refractivity contribution in [1.29, 1.82) is 0 Å². The number of benzene rings is 1. The highest BCUT2D eigenvalue weighted by Gasteiger charge is 2.20. The van der Waals surface area contributed by atoms with E-state index in [1.165, 1.54) is 18.4 Å². The Kier molecular flexibility index (Phi) is 3.04. The topological polar surface area (TPSA) is 73.6 Å². The van der Waals surface area contributed by atoms with Crippen molar-refractivity contribution in [1.82, 2.24) is 19.6 Å². The summed E-state index contributed by atoms with van der Waals surface area (Å²) >= 11 is 0. The minimum atomic E-state index is 0.578. The van der Waals surface area contributed by atoms with E-state index in [0.29, 0.717) is 19.0 Å². The number of rotatable bonds is 2. The van der Waals surface area contributed by atoms with Gasteiger partial charge in [0.2, 0.25) is 0 Å². The minimum Gasteiger partial charge on any atom is -0.486 e. The van der Waals surface area contributed by atoms with Crippen molar-refractivity contribution in [3.05, 3.63) is 35.8 Å². The second-order valence-corrected chi connectivity index (χ2v) is 6.05. The van der Waals surface area contributed by atoms with Gasteiger partial charge >= 0.3 is 0 Å². The lowest BCUT2D eigenvalue weighted by molar-refractivity contribution is 0.171. The number of aromatic nitrogens is 4. The van der Waals surface area contributed by atoms with Crippen LogP contribution in [0.25, 0.3) is 5.78 Å². The van der Waals surface area contributed by atoms with Crippen LogP contribution in [0.1, 0.15) is 24.1 Å². The lowest BCUT2D eigenvalue weighted by Gasteiger charge is -2.21. The average molecular weight is 323 g/mol. The Labute approximate surface area is 138 Å². The molecule has 0 unspecified atom stereocenters. The highest BCUT2D eigenvalue weighted by molar-refractivity contribution is 5.66. The number of hydrogen-bond donors (Lipinski definition) is 1. The van der Waals surface area contributed by atoms with Crippen molar-refractivity contribution >= 4 is 17.3 Å². The first-order chi connectivity index (χ1) is 11.9. The molecule has 0 fully saturated rings. The van der Waals surface area contributed by atoms with Crippen LogP contribution in [-0.2, 0) is 12.8 Å². The van der Waals surface area contributed by atoms with Crippen molar-refractivity contribution in [2.45, 2.75) is 25.7 Å². The monoisotopic (exact) mass is 323 g/mol. The smallest absolute Gasteiger partial charge is 0.254 e. The number of nitrogens with one attached hydrogen (secondary N) is 1. The molecule has 0 saturated heterocycles. The van der Waals surface area contributed by atoms with Crippen molar-refractivity contribution in [2.24, 2.45) is 0 Å². The second-order valence-electron chi connectivity index (χ2n) is 6.05. The normalized spacial score (nSPS) is 16.0. The molecule has 0 spiro atoms. The van der Waals surface area contributed by atoms with Gasteiger partial charge in [-0.3, -0.25) is 0 Å². The summed E-state index contributed by atoms with van der Waals surface area (Å²) in [4.78, 5) is 8.91. The van der Waals surface area contributed by atoms with Gasteiger partial charge in [-0.2, -0.15) is 14.6 Å². The number of aryl methyl sites for hydroxylation is 1. The van der Waals surface area contributed by atoms with Crippen molar-refractivity contribution in [3.8, 4) is 11.5 Å². The molecule has 1 N–H and O–H groups in total.